The number of carbonyl (C=O) groups is 2. The first-order chi connectivity index (χ1) is 10.1. The minimum absolute atomic E-state index is 0.110. The number of para-hydroxylation sites is 1. The summed E-state index contributed by atoms with van der Waals surface area (Å²) in [6.07, 6.45) is 1.47. The van der Waals surface area contributed by atoms with Crippen molar-refractivity contribution in [2.45, 2.75) is 13.3 Å². The summed E-state index contributed by atoms with van der Waals surface area (Å²) in [6.45, 7) is 2.08. The Labute approximate surface area is 130 Å². The zero-order valence-electron chi connectivity index (χ0n) is 11.4. The summed E-state index contributed by atoms with van der Waals surface area (Å²) >= 11 is 3.14. The highest BCUT2D eigenvalue weighted by molar-refractivity contribution is 9.10. The van der Waals surface area contributed by atoms with Crippen molar-refractivity contribution in [2.24, 2.45) is 0 Å². The molecule has 1 amide bonds. The fraction of sp³-hybridized carbons (Fsp3) is 0.200. The van der Waals surface area contributed by atoms with Crippen molar-refractivity contribution >= 4 is 33.5 Å². The summed E-state index contributed by atoms with van der Waals surface area (Å²) in [5.41, 5.74) is 1.67. The number of rotatable bonds is 5. The molecule has 1 aromatic carbocycles. The van der Waals surface area contributed by atoms with E-state index in [1.54, 1.807) is 37.3 Å². The molecule has 5 nitrogen and oxygen atoms in total. The molecule has 0 saturated carbocycles. The standard InChI is InChI=1S/C15H14BrNO4/c1-2-20-14(18)8-10-5-3-4-6-12(10)17-15(19)11-7-13(16)21-9-11/h3-7,9H,2,8H2,1H3,(H,17,19). The van der Waals surface area contributed by atoms with Gasteiger partial charge in [0.25, 0.3) is 5.91 Å². The van der Waals surface area contributed by atoms with Crippen molar-refractivity contribution in [1.29, 1.82) is 0 Å². The van der Waals surface area contributed by atoms with E-state index < -0.39 is 0 Å². The Morgan fingerprint density at radius 2 is 2.10 bits per heavy atom. The van der Waals surface area contributed by atoms with Crippen LogP contribution in [0.15, 0.2) is 45.7 Å². The third-order valence-electron chi connectivity index (χ3n) is 2.74. The quantitative estimate of drug-likeness (QED) is 0.838. The Balaban J connectivity index is 2.12. The second kappa shape index (κ2) is 7.08. The van der Waals surface area contributed by atoms with Crippen LogP contribution in [0, 0.1) is 0 Å². The lowest BCUT2D eigenvalue weighted by Gasteiger charge is -2.10. The Morgan fingerprint density at radius 1 is 1.33 bits per heavy atom. The fourth-order valence-electron chi connectivity index (χ4n) is 1.79. The van der Waals surface area contributed by atoms with Crippen LogP contribution in [0.25, 0.3) is 0 Å². The number of esters is 1. The number of amides is 1. The zero-order valence-corrected chi connectivity index (χ0v) is 13.0. The van der Waals surface area contributed by atoms with E-state index in [0.29, 0.717) is 28.1 Å². The largest absolute Gasteiger partial charge is 0.466 e. The summed E-state index contributed by atoms with van der Waals surface area (Å²) in [5.74, 6) is -0.633. The predicted octanol–water partition coefficient (Wildman–Crippen LogP) is 3.40. The fourth-order valence-corrected chi connectivity index (χ4v) is 2.13. The van der Waals surface area contributed by atoms with E-state index in [-0.39, 0.29) is 18.3 Å². The van der Waals surface area contributed by atoms with Crippen LogP contribution >= 0.6 is 15.9 Å². The van der Waals surface area contributed by atoms with E-state index in [1.807, 2.05) is 0 Å². The van der Waals surface area contributed by atoms with Gasteiger partial charge in [-0.1, -0.05) is 18.2 Å². The highest BCUT2D eigenvalue weighted by atomic mass is 79.9. The van der Waals surface area contributed by atoms with Crippen LogP contribution in [-0.4, -0.2) is 18.5 Å². The van der Waals surface area contributed by atoms with Crippen molar-refractivity contribution < 1.29 is 18.7 Å². The van der Waals surface area contributed by atoms with Gasteiger partial charge in [-0.2, -0.15) is 0 Å². The highest BCUT2D eigenvalue weighted by Crippen LogP contribution is 2.19. The van der Waals surface area contributed by atoms with Gasteiger partial charge in [-0.15, -0.1) is 0 Å². The van der Waals surface area contributed by atoms with Gasteiger partial charge in [0.05, 0.1) is 18.6 Å². The van der Waals surface area contributed by atoms with Crippen LogP contribution in [0.2, 0.25) is 0 Å². The third-order valence-corrected chi connectivity index (χ3v) is 3.15. The van der Waals surface area contributed by atoms with E-state index in [4.69, 9.17) is 9.15 Å². The van der Waals surface area contributed by atoms with Crippen LogP contribution in [0.4, 0.5) is 5.69 Å². The summed E-state index contributed by atoms with van der Waals surface area (Å²) in [4.78, 5) is 23.7. The van der Waals surface area contributed by atoms with E-state index in [9.17, 15) is 9.59 Å². The molecule has 1 heterocycles. The van der Waals surface area contributed by atoms with E-state index in [1.165, 1.54) is 6.26 Å². The van der Waals surface area contributed by atoms with Crippen molar-refractivity contribution in [3.8, 4) is 0 Å². The zero-order chi connectivity index (χ0) is 15.2. The highest BCUT2D eigenvalue weighted by Gasteiger charge is 2.13. The van der Waals surface area contributed by atoms with Crippen LogP contribution in [0.5, 0.6) is 0 Å². The number of hydrogen-bond acceptors (Lipinski definition) is 4. The smallest absolute Gasteiger partial charge is 0.310 e. The molecule has 6 heteroatoms. The molecule has 0 unspecified atom stereocenters. The number of anilines is 1. The normalized spacial score (nSPS) is 10.2. The molecule has 110 valence electrons. The Bertz CT molecular complexity index is 651. The molecule has 0 aliphatic rings. The van der Waals surface area contributed by atoms with Crippen molar-refractivity contribution in [2.75, 3.05) is 11.9 Å². The Hall–Kier alpha value is -2.08. The number of furan rings is 1. The molecular weight excluding hydrogens is 338 g/mol. The lowest BCUT2D eigenvalue weighted by atomic mass is 10.1. The number of hydrogen-bond donors (Lipinski definition) is 1. The van der Waals surface area contributed by atoms with Gasteiger partial charge in [0.15, 0.2) is 4.67 Å². The topological polar surface area (TPSA) is 68.5 Å². The van der Waals surface area contributed by atoms with Gasteiger partial charge in [-0.25, -0.2) is 0 Å². The molecule has 0 aliphatic carbocycles. The average molecular weight is 352 g/mol. The summed E-state index contributed by atoms with van der Waals surface area (Å²) in [7, 11) is 0. The maximum atomic E-state index is 12.1. The first-order valence-corrected chi connectivity index (χ1v) is 7.18. The van der Waals surface area contributed by atoms with Gasteiger partial charge in [0.2, 0.25) is 0 Å². The van der Waals surface area contributed by atoms with E-state index in [0.717, 1.165) is 0 Å². The SMILES string of the molecule is CCOC(=O)Cc1ccccc1NC(=O)c1coc(Br)c1. The summed E-state index contributed by atoms with van der Waals surface area (Å²) in [5, 5.41) is 2.76. The third kappa shape index (κ3) is 4.19. The molecule has 0 spiro atoms. The van der Waals surface area contributed by atoms with Crippen molar-refractivity contribution in [3.63, 3.8) is 0 Å². The predicted molar refractivity (Wildman–Crippen MR) is 81.1 cm³/mol. The number of halogens is 1. The van der Waals surface area contributed by atoms with Gasteiger partial charge < -0.3 is 14.5 Å². The molecule has 21 heavy (non-hydrogen) atoms. The van der Waals surface area contributed by atoms with Crippen LogP contribution in [0.3, 0.4) is 0 Å². The molecule has 1 aromatic heterocycles. The van der Waals surface area contributed by atoms with Crippen LogP contribution < -0.4 is 5.32 Å². The van der Waals surface area contributed by atoms with Crippen LogP contribution in [-0.2, 0) is 16.0 Å². The second-order valence-corrected chi connectivity index (χ2v) is 5.01. The number of carbonyl (C=O) groups excluding carboxylic acids is 2. The first-order valence-electron chi connectivity index (χ1n) is 6.39. The number of nitrogens with one attached hydrogen (secondary N) is 1. The molecule has 0 aliphatic heterocycles. The first kappa shape index (κ1) is 15.3. The van der Waals surface area contributed by atoms with Gasteiger partial charge in [-0.05, 0) is 34.5 Å². The number of ether oxygens (including phenoxy) is 1. The van der Waals surface area contributed by atoms with Gasteiger partial charge in [0, 0.05) is 11.8 Å². The van der Waals surface area contributed by atoms with Crippen molar-refractivity contribution in [1.82, 2.24) is 0 Å². The lowest BCUT2D eigenvalue weighted by Crippen LogP contribution is -2.14. The van der Waals surface area contributed by atoms with E-state index in [2.05, 4.69) is 21.2 Å². The molecule has 2 aromatic rings. The summed E-state index contributed by atoms with van der Waals surface area (Å²) < 4.78 is 10.4. The molecule has 0 bridgehead atoms. The minimum atomic E-state index is -0.328. The Kier molecular flexibility index (Phi) is 5.16. The van der Waals surface area contributed by atoms with Crippen LogP contribution in [0.1, 0.15) is 22.8 Å². The van der Waals surface area contributed by atoms with E-state index >= 15 is 0 Å². The average Bonchev–Trinajstić information content (AvgIpc) is 2.88. The lowest BCUT2D eigenvalue weighted by molar-refractivity contribution is -0.142. The summed E-state index contributed by atoms with van der Waals surface area (Å²) in [6, 6.07) is 8.68. The molecular formula is C15H14BrNO4. The van der Waals surface area contributed by atoms with Gasteiger partial charge >= 0.3 is 5.97 Å². The second-order valence-electron chi connectivity index (χ2n) is 4.23. The molecule has 0 atom stereocenters. The maximum absolute atomic E-state index is 12.1. The molecule has 2 rings (SSSR count). The van der Waals surface area contributed by atoms with Gasteiger partial charge in [-0.3, -0.25) is 9.59 Å². The molecule has 0 saturated heterocycles. The van der Waals surface area contributed by atoms with Gasteiger partial charge in [0.1, 0.15) is 6.26 Å². The maximum Gasteiger partial charge on any atom is 0.310 e. The Morgan fingerprint density at radius 3 is 2.76 bits per heavy atom. The minimum Gasteiger partial charge on any atom is -0.466 e. The molecule has 0 fully saturated rings. The number of benzene rings is 1. The molecule has 0 radical (unpaired) electrons. The molecule has 1 N–H and O–H groups in total. The van der Waals surface area contributed by atoms with Crippen molar-refractivity contribution in [3.05, 3.63) is 52.4 Å². The monoisotopic (exact) mass is 351 g/mol.